The molecule has 0 bridgehead atoms. The summed E-state index contributed by atoms with van der Waals surface area (Å²) in [5.74, 6) is -0.766. The predicted octanol–water partition coefficient (Wildman–Crippen LogP) is 4.11. The third-order valence-corrected chi connectivity index (χ3v) is 4.81. The van der Waals surface area contributed by atoms with Gasteiger partial charge >= 0.3 is 0 Å². The molecule has 19 heavy (non-hydrogen) atoms. The van der Waals surface area contributed by atoms with Crippen molar-refractivity contribution in [1.82, 2.24) is 0 Å². The number of rotatable bonds is 3. The van der Waals surface area contributed by atoms with E-state index < -0.39 is 15.7 Å². The molecule has 2 nitrogen and oxygen atoms in total. The quantitative estimate of drug-likeness (QED) is 0.798. The largest absolute Gasteiger partial charge is 0.223 e. The molecule has 0 spiro atoms. The lowest BCUT2D eigenvalue weighted by Gasteiger charge is -2.07. The van der Waals surface area contributed by atoms with Gasteiger partial charge in [-0.15, -0.1) is 0 Å². The fraction of sp³-hybridized carbons (Fsp3) is 0.0769. The first-order valence-corrected chi connectivity index (χ1v) is 7.71. The second-order valence-electron chi connectivity index (χ2n) is 3.95. The highest BCUT2D eigenvalue weighted by molar-refractivity contribution is 7.90. The van der Waals surface area contributed by atoms with E-state index in [9.17, 15) is 12.8 Å². The van der Waals surface area contributed by atoms with Crippen molar-refractivity contribution in [3.8, 4) is 0 Å². The number of halogens is 3. The van der Waals surface area contributed by atoms with Crippen molar-refractivity contribution >= 4 is 33.0 Å². The van der Waals surface area contributed by atoms with E-state index in [0.717, 1.165) is 12.1 Å². The zero-order chi connectivity index (χ0) is 14.0. The second kappa shape index (κ2) is 5.49. The van der Waals surface area contributed by atoms with Crippen LogP contribution in [0.5, 0.6) is 0 Å². The minimum absolute atomic E-state index is 0.0462. The first-order chi connectivity index (χ1) is 8.88. The molecule has 0 aliphatic heterocycles. The van der Waals surface area contributed by atoms with E-state index in [1.807, 2.05) is 0 Å². The summed E-state index contributed by atoms with van der Waals surface area (Å²) in [6.07, 6.45) is 0. The lowest BCUT2D eigenvalue weighted by atomic mass is 10.2. The lowest BCUT2D eigenvalue weighted by molar-refractivity contribution is 0.594. The van der Waals surface area contributed by atoms with Crippen molar-refractivity contribution in [2.75, 3.05) is 0 Å². The van der Waals surface area contributed by atoms with E-state index in [2.05, 4.69) is 0 Å². The maximum atomic E-state index is 12.8. The van der Waals surface area contributed by atoms with E-state index in [0.29, 0.717) is 15.6 Å². The summed E-state index contributed by atoms with van der Waals surface area (Å²) in [5, 5.41) is 0.740. The maximum absolute atomic E-state index is 12.8. The number of hydrogen-bond donors (Lipinski definition) is 0. The van der Waals surface area contributed by atoms with E-state index in [4.69, 9.17) is 23.2 Å². The fourth-order valence-electron chi connectivity index (χ4n) is 1.58. The molecule has 0 amide bonds. The van der Waals surface area contributed by atoms with Gasteiger partial charge < -0.3 is 0 Å². The highest BCUT2D eigenvalue weighted by Gasteiger charge is 2.17. The molecule has 2 aromatic rings. The van der Waals surface area contributed by atoms with Crippen molar-refractivity contribution in [3.05, 3.63) is 63.9 Å². The Hall–Kier alpha value is -1.10. The van der Waals surface area contributed by atoms with E-state index in [1.165, 1.54) is 18.2 Å². The average molecular weight is 319 g/mol. The normalized spacial score (nSPS) is 11.5. The Bertz CT molecular complexity index is 697. The molecule has 0 saturated carbocycles. The van der Waals surface area contributed by atoms with Gasteiger partial charge in [-0.25, -0.2) is 12.8 Å². The Morgan fingerprint density at radius 1 is 1.00 bits per heavy atom. The Morgan fingerprint density at radius 2 is 1.63 bits per heavy atom. The van der Waals surface area contributed by atoms with E-state index in [1.54, 1.807) is 12.1 Å². The molecular formula is C13H9Cl2FO2S. The van der Waals surface area contributed by atoms with E-state index >= 15 is 0 Å². The molecule has 0 radical (unpaired) electrons. The summed E-state index contributed by atoms with van der Waals surface area (Å²) >= 11 is 11.7. The standard InChI is InChI=1S/C13H9Cl2FO2S/c14-10-1-6-13(15)9(7-10)8-19(17,18)12-4-2-11(16)3-5-12/h1-7H,8H2. The first kappa shape index (κ1) is 14.3. The van der Waals surface area contributed by atoms with Gasteiger partial charge in [0.2, 0.25) is 0 Å². The SMILES string of the molecule is O=S(=O)(Cc1cc(Cl)ccc1Cl)c1ccc(F)cc1. The molecule has 0 N–H and O–H groups in total. The minimum Gasteiger partial charge on any atom is -0.223 e. The zero-order valence-electron chi connectivity index (χ0n) is 9.61. The predicted molar refractivity (Wildman–Crippen MR) is 73.8 cm³/mol. The van der Waals surface area contributed by atoms with Crippen LogP contribution in [-0.4, -0.2) is 8.42 Å². The minimum atomic E-state index is -3.58. The van der Waals surface area contributed by atoms with Gasteiger partial charge in [-0.1, -0.05) is 23.2 Å². The van der Waals surface area contributed by atoms with Crippen LogP contribution in [0.3, 0.4) is 0 Å². The van der Waals surface area contributed by atoms with Crippen LogP contribution in [0.25, 0.3) is 0 Å². The van der Waals surface area contributed by atoms with Crippen molar-refractivity contribution in [1.29, 1.82) is 0 Å². The van der Waals surface area contributed by atoms with Crippen LogP contribution in [0, 0.1) is 5.82 Å². The van der Waals surface area contributed by atoms with Crippen LogP contribution in [0.15, 0.2) is 47.4 Å². The molecule has 2 rings (SSSR count). The molecule has 0 unspecified atom stereocenters. The van der Waals surface area contributed by atoms with Gasteiger partial charge in [0.05, 0.1) is 10.6 Å². The number of benzene rings is 2. The molecule has 0 saturated heterocycles. The summed E-state index contributed by atoms with van der Waals surface area (Å²) in [6, 6.07) is 9.29. The highest BCUT2D eigenvalue weighted by Crippen LogP contribution is 2.25. The van der Waals surface area contributed by atoms with Crippen molar-refractivity contribution in [3.63, 3.8) is 0 Å². The molecule has 0 aliphatic carbocycles. The zero-order valence-corrected chi connectivity index (χ0v) is 11.9. The third-order valence-electron chi connectivity index (χ3n) is 2.53. The molecule has 0 heterocycles. The monoisotopic (exact) mass is 318 g/mol. The van der Waals surface area contributed by atoms with Gasteiger partial charge in [0, 0.05) is 10.0 Å². The molecule has 0 atom stereocenters. The Morgan fingerprint density at radius 3 is 2.26 bits per heavy atom. The molecular weight excluding hydrogens is 310 g/mol. The van der Waals surface area contributed by atoms with Crippen LogP contribution >= 0.6 is 23.2 Å². The topological polar surface area (TPSA) is 34.1 Å². The van der Waals surface area contributed by atoms with Gasteiger partial charge in [0.1, 0.15) is 5.82 Å². The third kappa shape index (κ3) is 3.47. The number of hydrogen-bond acceptors (Lipinski definition) is 2. The van der Waals surface area contributed by atoms with Gasteiger partial charge in [0.25, 0.3) is 0 Å². The van der Waals surface area contributed by atoms with Crippen LogP contribution in [0.1, 0.15) is 5.56 Å². The van der Waals surface area contributed by atoms with Gasteiger partial charge in [0.15, 0.2) is 9.84 Å². The van der Waals surface area contributed by atoms with Crippen LogP contribution in [0.4, 0.5) is 4.39 Å². The first-order valence-electron chi connectivity index (χ1n) is 5.31. The van der Waals surface area contributed by atoms with Crippen molar-refractivity contribution in [2.24, 2.45) is 0 Å². The van der Waals surface area contributed by atoms with Gasteiger partial charge in [-0.2, -0.15) is 0 Å². The fourth-order valence-corrected chi connectivity index (χ4v) is 3.41. The summed E-state index contributed by atoms with van der Waals surface area (Å²) in [7, 11) is -3.58. The summed E-state index contributed by atoms with van der Waals surface area (Å²) in [6.45, 7) is 0. The van der Waals surface area contributed by atoms with Crippen LogP contribution in [0.2, 0.25) is 10.0 Å². The molecule has 6 heteroatoms. The van der Waals surface area contributed by atoms with Crippen LogP contribution in [-0.2, 0) is 15.6 Å². The summed E-state index contributed by atoms with van der Waals surface area (Å²) in [5.41, 5.74) is 0.415. The van der Waals surface area contributed by atoms with Crippen molar-refractivity contribution < 1.29 is 12.8 Å². The highest BCUT2D eigenvalue weighted by atomic mass is 35.5. The Balaban J connectivity index is 2.36. The number of sulfone groups is 1. The second-order valence-corrected chi connectivity index (χ2v) is 6.78. The molecule has 0 aromatic heterocycles. The average Bonchev–Trinajstić information content (AvgIpc) is 2.34. The van der Waals surface area contributed by atoms with Gasteiger partial charge in [-0.3, -0.25) is 0 Å². The smallest absolute Gasteiger partial charge is 0.182 e. The molecule has 0 fully saturated rings. The Labute approximate surface area is 120 Å². The summed E-state index contributed by atoms with van der Waals surface area (Å²) < 4.78 is 37.1. The van der Waals surface area contributed by atoms with Gasteiger partial charge in [-0.05, 0) is 48.0 Å². The maximum Gasteiger partial charge on any atom is 0.182 e. The molecule has 0 aliphatic rings. The van der Waals surface area contributed by atoms with E-state index in [-0.39, 0.29) is 10.6 Å². The van der Waals surface area contributed by atoms with Crippen molar-refractivity contribution in [2.45, 2.75) is 10.6 Å². The molecule has 2 aromatic carbocycles. The summed E-state index contributed by atoms with van der Waals surface area (Å²) in [4.78, 5) is 0.0462. The van der Waals surface area contributed by atoms with Crippen LogP contribution < -0.4 is 0 Å². The Kier molecular flexibility index (Phi) is 4.13. The molecule has 100 valence electrons. The lowest BCUT2D eigenvalue weighted by Crippen LogP contribution is -2.05.